The Bertz CT molecular complexity index is 1180. The zero-order chi connectivity index (χ0) is 28.1. The summed E-state index contributed by atoms with van der Waals surface area (Å²) in [5.41, 5.74) is 22.5. The van der Waals surface area contributed by atoms with E-state index in [4.69, 9.17) is 17.2 Å². The van der Waals surface area contributed by atoms with Crippen molar-refractivity contribution in [3.63, 3.8) is 0 Å². The van der Waals surface area contributed by atoms with Crippen molar-refractivity contribution in [2.75, 3.05) is 79.4 Å². The fraction of sp³-hybridized carbons (Fsp3) is 0.462. The number of nitrogens with two attached hydrogens (primary N) is 3. The summed E-state index contributed by atoms with van der Waals surface area (Å²) in [6, 6.07) is 7.32. The number of carbonyl (C=O) groups is 2. The van der Waals surface area contributed by atoms with Gasteiger partial charge in [0.2, 0.25) is 11.8 Å². The Morgan fingerprint density at radius 3 is 1.47 bits per heavy atom. The molecular formula is C26H38N8O4. The molecule has 2 aliphatic rings. The van der Waals surface area contributed by atoms with Gasteiger partial charge in [0.15, 0.2) is 0 Å². The second kappa shape index (κ2) is 11.9. The van der Waals surface area contributed by atoms with Gasteiger partial charge >= 0.3 is 0 Å². The summed E-state index contributed by atoms with van der Waals surface area (Å²) in [7, 11) is 0. The van der Waals surface area contributed by atoms with E-state index in [-0.39, 0.29) is 23.2 Å². The first-order valence-electron chi connectivity index (χ1n) is 12.6. The van der Waals surface area contributed by atoms with Gasteiger partial charge in [-0.1, -0.05) is 0 Å². The molecule has 2 saturated heterocycles. The van der Waals surface area contributed by atoms with E-state index in [1.807, 2.05) is 28.9 Å². The van der Waals surface area contributed by atoms with Gasteiger partial charge in [0.1, 0.15) is 5.69 Å². The largest absolute Gasteiger partial charge is 0.397 e. The van der Waals surface area contributed by atoms with Gasteiger partial charge in [-0.2, -0.15) is 0 Å². The molecule has 0 radical (unpaired) electrons. The van der Waals surface area contributed by atoms with E-state index in [2.05, 4.69) is 11.0 Å². The highest BCUT2D eigenvalue weighted by atomic mass is 16.6. The van der Waals surface area contributed by atoms with Crippen LogP contribution in [0.4, 0.5) is 34.1 Å². The van der Waals surface area contributed by atoms with Crippen LogP contribution in [-0.2, 0) is 9.59 Å². The van der Waals surface area contributed by atoms with Crippen molar-refractivity contribution in [3.8, 4) is 0 Å². The van der Waals surface area contributed by atoms with Gasteiger partial charge in [-0.15, -0.1) is 0 Å². The van der Waals surface area contributed by atoms with Crippen LogP contribution in [-0.4, -0.2) is 78.9 Å². The summed E-state index contributed by atoms with van der Waals surface area (Å²) in [6.07, 6.45) is 0. The number of nitro groups is 1. The molecular weight excluding hydrogens is 488 g/mol. The summed E-state index contributed by atoms with van der Waals surface area (Å²) >= 11 is 0. The monoisotopic (exact) mass is 526 g/mol. The average molecular weight is 527 g/mol. The van der Waals surface area contributed by atoms with Crippen molar-refractivity contribution in [2.45, 2.75) is 27.7 Å². The molecule has 0 aliphatic carbocycles. The van der Waals surface area contributed by atoms with Gasteiger partial charge in [0, 0.05) is 83.6 Å². The Hall–Kier alpha value is -4.22. The van der Waals surface area contributed by atoms with Gasteiger partial charge in [-0.3, -0.25) is 19.7 Å². The fourth-order valence-corrected chi connectivity index (χ4v) is 4.64. The van der Waals surface area contributed by atoms with Crippen LogP contribution in [0.15, 0.2) is 24.3 Å². The normalized spacial score (nSPS) is 15.6. The Labute approximate surface area is 223 Å². The highest BCUT2D eigenvalue weighted by Gasteiger charge is 2.23. The molecule has 12 heteroatoms. The molecule has 0 aromatic heterocycles. The number of anilines is 5. The summed E-state index contributed by atoms with van der Waals surface area (Å²) in [4.78, 5) is 41.0. The molecule has 0 atom stereocenters. The van der Waals surface area contributed by atoms with E-state index in [0.717, 1.165) is 43.1 Å². The van der Waals surface area contributed by atoms with Crippen molar-refractivity contribution in [1.82, 2.24) is 9.80 Å². The zero-order valence-corrected chi connectivity index (χ0v) is 22.6. The molecule has 0 spiro atoms. The van der Waals surface area contributed by atoms with E-state index < -0.39 is 4.92 Å². The highest BCUT2D eigenvalue weighted by Crippen LogP contribution is 2.31. The van der Waals surface area contributed by atoms with Gasteiger partial charge in [-0.25, -0.2) is 0 Å². The molecule has 2 aliphatic heterocycles. The first-order chi connectivity index (χ1) is 17.9. The topological polar surface area (TPSA) is 168 Å². The summed E-state index contributed by atoms with van der Waals surface area (Å²) in [6.45, 7) is 12.7. The minimum Gasteiger partial charge on any atom is -0.397 e. The van der Waals surface area contributed by atoms with Crippen LogP contribution in [0.3, 0.4) is 0 Å². The second-order valence-electron chi connectivity index (χ2n) is 9.70. The Balaban J connectivity index is 0.000000212. The predicted octanol–water partition coefficient (Wildman–Crippen LogP) is 1.98. The van der Waals surface area contributed by atoms with E-state index in [9.17, 15) is 19.7 Å². The van der Waals surface area contributed by atoms with E-state index >= 15 is 0 Å². The van der Waals surface area contributed by atoms with Crippen molar-refractivity contribution in [1.29, 1.82) is 0 Å². The number of nitrogen functional groups attached to an aromatic ring is 3. The third-order valence-corrected chi connectivity index (χ3v) is 7.13. The van der Waals surface area contributed by atoms with Crippen LogP contribution < -0.4 is 27.0 Å². The van der Waals surface area contributed by atoms with Crippen molar-refractivity contribution in [2.24, 2.45) is 0 Å². The molecule has 2 amide bonds. The minimum atomic E-state index is -0.461. The van der Waals surface area contributed by atoms with E-state index in [1.165, 1.54) is 6.07 Å². The average Bonchev–Trinajstić information content (AvgIpc) is 2.88. The maximum absolute atomic E-state index is 11.3. The van der Waals surface area contributed by atoms with Crippen LogP contribution in [0.25, 0.3) is 0 Å². The minimum absolute atomic E-state index is 0.0594. The van der Waals surface area contributed by atoms with Crippen LogP contribution in [0, 0.1) is 24.0 Å². The molecule has 206 valence electrons. The molecule has 4 rings (SSSR count). The number of hydrogen-bond donors (Lipinski definition) is 3. The number of nitrogens with zero attached hydrogens (tertiary/aromatic N) is 5. The SMILES string of the molecule is CC(=O)N1CCN(c2cc(C)c(N)c(N)c2)CC1.CC(=O)N1CCN(c2cc(C)c(N)c([N+](=O)[O-])c2)CC1. The van der Waals surface area contributed by atoms with Crippen LogP contribution in [0.1, 0.15) is 25.0 Å². The van der Waals surface area contributed by atoms with Crippen LogP contribution >= 0.6 is 0 Å². The molecule has 6 N–H and O–H groups in total. The lowest BCUT2D eigenvalue weighted by Gasteiger charge is -2.36. The maximum atomic E-state index is 11.3. The quantitative estimate of drug-likeness (QED) is 0.307. The maximum Gasteiger partial charge on any atom is 0.294 e. The number of piperazine rings is 2. The van der Waals surface area contributed by atoms with E-state index in [1.54, 1.807) is 25.7 Å². The zero-order valence-electron chi connectivity index (χ0n) is 22.6. The van der Waals surface area contributed by atoms with Crippen LogP contribution in [0.5, 0.6) is 0 Å². The Morgan fingerprint density at radius 2 is 1.11 bits per heavy atom. The third-order valence-electron chi connectivity index (χ3n) is 7.13. The van der Waals surface area contributed by atoms with Crippen molar-refractivity contribution < 1.29 is 14.5 Å². The number of carbonyl (C=O) groups excluding carboxylic acids is 2. The molecule has 0 unspecified atom stereocenters. The Kier molecular flexibility index (Phi) is 8.87. The molecule has 38 heavy (non-hydrogen) atoms. The summed E-state index contributed by atoms with van der Waals surface area (Å²) < 4.78 is 0. The van der Waals surface area contributed by atoms with Gasteiger partial charge in [-0.05, 0) is 43.2 Å². The summed E-state index contributed by atoms with van der Waals surface area (Å²) in [5.74, 6) is 0.201. The second-order valence-corrected chi connectivity index (χ2v) is 9.70. The van der Waals surface area contributed by atoms with Gasteiger partial charge < -0.3 is 36.8 Å². The number of rotatable bonds is 3. The molecule has 0 bridgehead atoms. The summed E-state index contributed by atoms with van der Waals surface area (Å²) in [5, 5.41) is 11.0. The number of aryl methyl sites for hydroxylation is 2. The number of nitro benzene ring substituents is 1. The lowest BCUT2D eigenvalue weighted by molar-refractivity contribution is -0.383. The number of benzene rings is 2. The number of hydrogen-bond acceptors (Lipinski definition) is 9. The molecule has 2 fully saturated rings. The molecule has 12 nitrogen and oxygen atoms in total. The molecule has 2 heterocycles. The molecule has 2 aromatic rings. The smallest absolute Gasteiger partial charge is 0.294 e. The molecule has 0 saturated carbocycles. The Morgan fingerprint density at radius 1 is 0.711 bits per heavy atom. The van der Waals surface area contributed by atoms with Crippen molar-refractivity contribution in [3.05, 3.63) is 45.5 Å². The van der Waals surface area contributed by atoms with Gasteiger partial charge in [0.25, 0.3) is 5.69 Å². The van der Waals surface area contributed by atoms with Crippen LogP contribution in [0.2, 0.25) is 0 Å². The first-order valence-corrected chi connectivity index (χ1v) is 12.6. The first kappa shape index (κ1) is 28.4. The van der Waals surface area contributed by atoms with E-state index in [0.29, 0.717) is 43.1 Å². The predicted molar refractivity (Wildman–Crippen MR) is 151 cm³/mol. The fourth-order valence-electron chi connectivity index (χ4n) is 4.64. The third kappa shape index (κ3) is 6.55. The lowest BCUT2D eigenvalue weighted by atomic mass is 10.1. The number of amides is 2. The lowest BCUT2D eigenvalue weighted by Crippen LogP contribution is -2.48. The van der Waals surface area contributed by atoms with Crippen molar-refractivity contribution >= 4 is 45.9 Å². The van der Waals surface area contributed by atoms with Gasteiger partial charge in [0.05, 0.1) is 16.3 Å². The standard InChI is InChI=1S/C13H18N4O3.C13H20N4O/c1-9-7-11(8-12(13(9)14)17(19)20)16-5-3-15(4-6-16)10(2)18;1-9-7-11(8-12(14)13(9)15)17-5-3-16(4-6-17)10(2)18/h7-8H,3-6,14H2,1-2H3;7-8H,3-6,14-15H2,1-2H3. The molecule has 2 aromatic carbocycles. The highest BCUT2D eigenvalue weighted by molar-refractivity contribution is 5.76.